The molecule has 0 aromatic heterocycles. The predicted molar refractivity (Wildman–Crippen MR) is 51.2 cm³/mol. The van der Waals surface area contributed by atoms with Gasteiger partial charge in [-0.1, -0.05) is 0 Å². The summed E-state index contributed by atoms with van der Waals surface area (Å²) in [5.74, 6) is -1.09. The Morgan fingerprint density at radius 2 is 2.06 bits per heavy atom. The summed E-state index contributed by atoms with van der Waals surface area (Å²) < 4.78 is 0. The molecule has 1 saturated heterocycles. The Bertz CT molecular complexity index is 286. The molecule has 0 aliphatic carbocycles. The van der Waals surface area contributed by atoms with Crippen molar-refractivity contribution in [2.45, 2.75) is 6.04 Å². The molecule has 0 saturated carbocycles. The number of amides is 4. The fourth-order valence-electron chi connectivity index (χ4n) is 1.18. The Morgan fingerprint density at radius 1 is 1.44 bits per heavy atom. The maximum absolute atomic E-state index is 11.3. The zero-order chi connectivity index (χ0) is 12.1. The van der Waals surface area contributed by atoms with Gasteiger partial charge in [-0.25, -0.2) is 4.79 Å². The van der Waals surface area contributed by atoms with Gasteiger partial charge in [0.25, 0.3) is 5.91 Å². The number of hydrogen-bond acceptors (Lipinski definition) is 5. The van der Waals surface area contributed by atoms with Crippen LogP contribution in [-0.2, 0) is 9.59 Å². The first-order valence-corrected chi connectivity index (χ1v) is 4.67. The Labute approximate surface area is 91.2 Å². The molecule has 1 aliphatic heterocycles. The summed E-state index contributed by atoms with van der Waals surface area (Å²) in [6, 6.07) is -1.40. The molecule has 0 radical (unpaired) electrons. The molecule has 0 aromatic carbocycles. The van der Waals surface area contributed by atoms with Crippen LogP contribution in [0.15, 0.2) is 0 Å². The lowest BCUT2D eigenvalue weighted by Crippen LogP contribution is -2.46. The second-order valence-electron chi connectivity index (χ2n) is 3.27. The van der Waals surface area contributed by atoms with E-state index in [0.29, 0.717) is 0 Å². The van der Waals surface area contributed by atoms with E-state index in [1.54, 1.807) is 0 Å². The molecular weight excluding hydrogens is 218 g/mol. The number of carbonyl (C=O) groups excluding carboxylic acids is 3. The van der Waals surface area contributed by atoms with Crippen molar-refractivity contribution in [2.75, 3.05) is 26.3 Å². The molecule has 0 unspecified atom stereocenters. The monoisotopic (exact) mass is 231 g/mol. The highest BCUT2D eigenvalue weighted by molar-refractivity contribution is 6.04. The Balaban J connectivity index is 2.45. The van der Waals surface area contributed by atoms with Gasteiger partial charge in [-0.05, 0) is 0 Å². The van der Waals surface area contributed by atoms with Gasteiger partial charge in [0.15, 0.2) is 0 Å². The minimum atomic E-state index is -0.784. The smallest absolute Gasteiger partial charge is 0.325 e. The van der Waals surface area contributed by atoms with Gasteiger partial charge in [0.1, 0.15) is 6.54 Å². The van der Waals surface area contributed by atoms with Crippen LogP contribution in [0.25, 0.3) is 0 Å². The van der Waals surface area contributed by atoms with Crippen LogP contribution >= 0.6 is 0 Å². The lowest BCUT2D eigenvalue weighted by Gasteiger charge is -2.16. The largest absolute Gasteiger partial charge is 0.394 e. The van der Waals surface area contributed by atoms with Gasteiger partial charge < -0.3 is 20.8 Å². The van der Waals surface area contributed by atoms with Crippen LogP contribution in [-0.4, -0.2) is 65.3 Å². The van der Waals surface area contributed by atoms with Crippen LogP contribution in [0, 0.1) is 0 Å². The van der Waals surface area contributed by atoms with Crippen LogP contribution in [0.3, 0.4) is 0 Å². The second-order valence-corrected chi connectivity index (χ2v) is 3.27. The number of hydrogen-bond donors (Lipinski definition) is 4. The van der Waals surface area contributed by atoms with Crippen molar-refractivity contribution in [1.82, 2.24) is 15.5 Å². The number of nitrogens with one attached hydrogen (secondary N) is 2. The molecule has 1 aliphatic rings. The van der Waals surface area contributed by atoms with Crippen molar-refractivity contribution in [1.29, 1.82) is 0 Å². The molecule has 1 rings (SSSR count). The SMILES string of the molecule is O=C(CN1C(=O)CNC1=O)NC(CO)CO. The summed E-state index contributed by atoms with van der Waals surface area (Å²) in [7, 11) is 0. The fourth-order valence-corrected chi connectivity index (χ4v) is 1.18. The zero-order valence-corrected chi connectivity index (χ0v) is 8.47. The van der Waals surface area contributed by atoms with E-state index in [1.165, 1.54) is 0 Å². The van der Waals surface area contributed by atoms with Crippen LogP contribution < -0.4 is 10.6 Å². The standard InChI is InChI=1S/C8H13N3O5/c12-3-5(4-13)10-6(14)2-11-7(15)1-9-8(11)16/h5,12-13H,1-4H2,(H,9,16)(H,10,14). The normalized spacial score (nSPS) is 15.6. The average Bonchev–Trinajstić information content (AvgIpc) is 2.57. The third-order valence-corrected chi connectivity index (χ3v) is 2.04. The molecule has 16 heavy (non-hydrogen) atoms. The number of urea groups is 1. The van der Waals surface area contributed by atoms with Gasteiger partial charge in [0, 0.05) is 0 Å². The van der Waals surface area contributed by atoms with Gasteiger partial charge in [0.2, 0.25) is 5.91 Å². The Hall–Kier alpha value is -1.67. The Kier molecular flexibility index (Phi) is 4.20. The quantitative estimate of drug-likeness (QED) is 0.376. The summed E-state index contributed by atoms with van der Waals surface area (Å²) in [5.41, 5.74) is 0. The van der Waals surface area contributed by atoms with Gasteiger partial charge in [0.05, 0.1) is 25.8 Å². The van der Waals surface area contributed by atoms with Crippen molar-refractivity contribution in [3.05, 3.63) is 0 Å². The summed E-state index contributed by atoms with van der Waals surface area (Å²) in [5, 5.41) is 21.9. The van der Waals surface area contributed by atoms with Crippen molar-refractivity contribution < 1.29 is 24.6 Å². The van der Waals surface area contributed by atoms with Gasteiger partial charge in [-0.15, -0.1) is 0 Å². The molecule has 8 nitrogen and oxygen atoms in total. The summed E-state index contributed by atoms with van der Waals surface area (Å²) in [6.07, 6.45) is 0. The van der Waals surface area contributed by atoms with Crippen molar-refractivity contribution in [2.24, 2.45) is 0 Å². The highest BCUT2D eigenvalue weighted by Gasteiger charge is 2.30. The molecule has 4 N–H and O–H groups in total. The van der Waals surface area contributed by atoms with Gasteiger partial charge in [-0.3, -0.25) is 14.5 Å². The summed E-state index contributed by atoms with van der Waals surface area (Å²) in [6.45, 7) is -1.36. The topological polar surface area (TPSA) is 119 Å². The van der Waals surface area contributed by atoms with E-state index in [9.17, 15) is 14.4 Å². The van der Waals surface area contributed by atoms with Gasteiger partial charge in [-0.2, -0.15) is 0 Å². The second kappa shape index (κ2) is 5.42. The number of carbonyl (C=O) groups is 3. The van der Waals surface area contributed by atoms with Gasteiger partial charge >= 0.3 is 6.03 Å². The van der Waals surface area contributed by atoms with Crippen LogP contribution in [0.2, 0.25) is 0 Å². The van der Waals surface area contributed by atoms with Crippen molar-refractivity contribution in [3.63, 3.8) is 0 Å². The summed E-state index contributed by atoms with van der Waals surface area (Å²) in [4.78, 5) is 34.2. The molecule has 1 fully saturated rings. The molecule has 90 valence electrons. The Morgan fingerprint density at radius 3 is 2.50 bits per heavy atom. The number of rotatable bonds is 5. The highest BCUT2D eigenvalue weighted by Crippen LogP contribution is 1.98. The van der Waals surface area contributed by atoms with Crippen molar-refractivity contribution >= 4 is 17.8 Å². The van der Waals surface area contributed by atoms with E-state index in [1.807, 2.05) is 0 Å². The summed E-state index contributed by atoms with van der Waals surface area (Å²) >= 11 is 0. The lowest BCUT2D eigenvalue weighted by molar-refractivity contribution is -0.131. The molecule has 0 spiro atoms. The molecule has 4 amide bonds. The molecule has 0 atom stereocenters. The van der Waals surface area contributed by atoms with Crippen LogP contribution in [0.4, 0.5) is 4.79 Å². The molecule has 0 aromatic rings. The highest BCUT2D eigenvalue weighted by atomic mass is 16.3. The molecule has 0 bridgehead atoms. The van der Waals surface area contributed by atoms with E-state index >= 15 is 0 Å². The van der Waals surface area contributed by atoms with Crippen molar-refractivity contribution in [3.8, 4) is 0 Å². The first-order chi connectivity index (χ1) is 7.58. The van der Waals surface area contributed by atoms with Crippen LogP contribution in [0.5, 0.6) is 0 Å². The van der Waals surface area contributed by atoms with E-state index in [0.717, 1.165) is 4.90 Å². The average molecular weight is 231 g/mol. The number of nitrogens with zero attached hydrogens (tertiary/aromatic N) is 1. The minimum Gasteiger partial charge on any atom is -0.394 e. The van der Waals surface area contributed by atoms with E-state index in [2.05, 4.69) is 10.6 Å². The number of imide groups is 1. The van der Waals surface area contributed by atoms with E-state index < -0.39 is 43.6 Å². The number of aliphatic hydroxyl groups excluding tert-OH is 2. The maximum atomic E-state index is 11.3. The molecule has 1 heterocycles. The maximum Gasteiger partial charge on any atom is 0.325 e. The minimum absolute atomic E-state index is 0.116. The fraction of sp³-hybridized carbons (Fsp3) is 0.625. The molecule has 8 heteroatoms. The first kappa shape index (κ1) is 12.4. The van der Waals surface area contributed by atoms with E-state index in [-0.39, 0.29) is 6.54 Å². The molecular formula is C8H13N3O5. The predicted octanol–water partition coefficient (Wildman–Crippen LogP) is -2.99. The zero-order valence-electron chi connectivity index (χ0n) is 8.47. The van der Waals surface area contributed by atoms with E-state index in [4.69, 9.17) is 10.2 Å². The lowest BCUT2D eigenvalue weighted by atomic mass is 10.3. The third-order valence-electron chi connectivity index (χ3n) is 2.04. The number of aliphatic hydroxyl groups is 2. The third kappa shape index (κ3) is 2.91. The first-order valence-electron chi connectivity index (χ1n) is 4.67. The van der Waals surface area contributed by atoms with Crippen LogP contribution in [0.1, 0.15) is 0 Å².